The van der Waals surface area contributed by atoms with Gasteiger partial charge < -0.3 is 15.0 Å². The van der Waals surface area contributed by atoms with Crippen LogP contribution in [0.5, 0.6) is 5.75 Å². The van der Waals surface area contributed by atoms with Gasteiger partial charge in [-0.3, -0.25) is 0 Å². The van der Waals surface area contributed by atoms with Gasteiger partial charge in [-0.25, -0.2) is 19.1 Å². The number of aliphatic imine (C=N–C) groups is 2. The summed E-state index contributed by atoms with van der Waals surface area (Å²) in [5.74, 6) is 1.91. The minimum atomic E-state index is -0.552. The van der Waals surface area contributed by atoms with Crippen LogP contribution in [0, 0.1) is 12.7 Å². The lowest BCUT2D eigenvalue weighted by Crippen LogP contribution is -2.46. The third-order valence-corrected chi connectivity index (χ3v) is 7.55. The molecule has 0 saturated heterocycles. The SMILES string of the molecule is COc1ccc(NC2=Nc3ccccc3N3C2=Nc2c(c(C)nn2-c2ccccc2)[C@@H]3c2ccccc2F)cc1Cl. The highest BCUT2D eigenvalue weighted by molar-refractivity contribution is 6.51. The van der Waals surface area contributed by atoms with E-state index in [9.17, 15) is 0 Å². The molecular formula is C32H24ClFN6O. The maximum absolute atomic E-state index is 15.7. The highest BCUT2D eigenvalue weighted by atomic mass is 35.5. The maximum Gasteiger partial charge on any atom is 0.179 e. The van der Waals surface area contributed by atoms with Crippen LogP contribution in [0.1, 0.15) is 22.9 Å². The van der Waals surface area contributed by atoms with E-state index in [0.717, 1.165) is 28.3 Å². The molecule has 1 atom stereocenters. The summed E-state index contributed by atoms with van der Waals surface area (Å²) >= 11 is 6.45. The number of nitrogens with one attached hydrogen (secondary N) is 1. The molecule has 5 aromatic rings. The van der Waals surface area contributed by atoms with Crippen molar-refractivity contribution in [2.75, 3.05) is 17.3 Å². The van der Waals surface area contributed by atoms with Gasteiger partial charge in [0.05, 0.1) is 40.9 Å². The van der Waals surface area contributed by atoms with Gasteiger partial charge in [-0.15, -0.1) is 0 Å². The molecule has 0 unspecified atom stereocenters. The van der Waals surface area contributed by atoms with Crippen LogP contribution in [0.2, 0.25) is 5.02 Å². The number of rotatable bonds is 4. The number of ether oxygens (including phenoxy) is 1. The minimum absolute atomic E-state index is 0.312. The molecule has 7 nitrogen and oxygen atoms in total. The van der Waals surface area contributed by atoms with Crippen molar-refractivity contribution < 1.29 is 9.13 Å². The van der Waals surface area contributed by atoms with Gasteiger partial charge in [0.15, 0.2) is 17.5 Å². The highest BCUT2D eigenvalue weighted by Gasteiger charge is 2.42. The smallest absolute Gasteiger partial charge is 0.179 e. The summed E-state index contributed by atoms with van der Waals surface area (Å²) in [6, 6.07) is 29.3. The molecule has 202 valence electrons. The Balaban J connectivity index is 1.49. The van der Waals surface area contributed by atoms with Crippen LogP contribution in [0.15, 0.2) is 107 Å². The molecule has 9 heteroatoms. The standard InChI is InChI=1S/C32H24ClFN6O/c1-19-28-29(22-12-6-7-13-24(22)34)39-26-15-9-8-14-25(26)36-30(35-20-16-17-27(41-2)23(33)18-20)32(39)37-31(28)40(38-19)21-10-4-3-5-11-21/h3-18,29H,1-2H3,(H,35,36)/t29-/m0/s1. The fourth-order valence-corrected chi connectivity index (χ4v) is 5.68. The van der Waals surface area contributed by atoms with E-state index < -0.39 is 6.04 Å². The topological polar surface area (TPSA) is 67.0 Å². The first-order valence-corrected chi connectivity index (χ1v) is 13.5. The number of methoxy groups -OCH3 is 1. The molecule has 2 aliphatic rings. The number of anilines is 2. The number of aryl methyl sites for hydroxylation is 1. The zero-order chi connectivity index (χ0) is 28.1. The Morgan fingerprint density at radius 3 is 2.44 bits per heavy atom. The Kier molecular flexibility index (Phi) is 6.05. The van der Waals surface area contributed by atoms with Crippen molar-refractivity contribution in [1.82, 2.24) is 9.78 Å². The van der Waals surface area contributed by atoms with Gasteiger partial charge in [0.25, 0.3) is 0 Å². The lowest BCUT2D eigenvalue weighted by Gasteiger charge is -2.40. The van der Waals surface area contributed by atoms with Crippen LogP contribution in [-0.4, -0.2) is 28.6 Å². The minimum Gasteiger partial charge on any atom is -0.495 e. The van der Waals surface area contributed by atoms with E-state index in [-0.39, 0.29) is 5.82 Å². The molecule has 0 spiro atoms. The first-order valence-electron chi connectivity index (χ1n) is 13.1. The summed E-state index contributed by atoms with van der Waals surface area (Å²) < 4.78 is 22.8. The van der Waals surface area contributed by atoms with Crippen LogP contribution in [-0.2, 0) is 0 Å². The third kappa shape index (κ3) is 4.15. The molecule has 0 aliphatic carbocycles. The first-order chi connectivity index (χ1) is 20.0. The zero-order valence-electron chi connectivity index (χ0n) is 22.2. The molecule has 1 aromatic heterocycles. The van der Waals surface area contributed by atoms with Crippen molar-refractivity contribution in [3.63, 3.8) is 0 Å². The predicted octanol–water partition coefficient (Wildman–Crippen LogP) is 7.78. The largest absolute Gasteiger partial charge is 0.495 e. The van der Waals surface area contributed by atoms with Crippen molar-refractivity contribution in [3.05, 3.63) is 125 Å². The number of halogens is 2. The normalized spacial score (nSPS) is 15.3. The van der Waals surface area contributed by atoms with E-state index >= 15 is 4.39 Å². The number of benzene rings is 4. The van der Waals surface area contributed by atoms with Crippen LogP contribution in [0.3, 0.4) is 0 Å². The molecule has 2 aliphatic heterocycles. The van der Waals surface area contributed by atoms with Crippen LogP contribution in [0.25, 0.3) is 5.69 Å². The fraction of sp³-hybridized carbons (Fsp3) is 0.0938. The predicted molar refractivity (Wildman–Crippen MR) is 161 cm³/mol. The van der Waals surface area contributed by atoms with Gasteiger partial charge in [0.2, 0.25) is 0 Å². The molecule has 4 aromatic carbocycles. The van der Waals surface area contributed by atoms with Crippen molar-refractivity contribution in [1.29, 1.82) is 0 Å². The zero-order valence-corrected chi connectivity index (χ0v) is 23.0. The number of amidine groups is 2. The second-order valence-corrected chi connectivity index (χ2v) is 10.1. The van der Waals surface area contributed by atoms with E-state index in [2.05, 4.69) is 5.32 Å². The first kappa shape index (κ1) is 25.0. The number of nitrogens with zero attached hydrogens (tertiary/aromatic N) is 5. The summed E-state index contributed by atoms with van der Waals surface area (Å²) in [7, 11) is 1.57. The number of para-hydroxylation sites is 3. The Bertz CT molecular complexity index is 1870. The molecule has 41 heavy (non-hydrogen) atoms. The van der Waals surface area contributed by atoms with Gasteiger partial charge in [-0.05, 0) is 55.5 Å². The summed E-state index contributed by atoms with van der Waals surface area (Å²) in [5.41, 5.74) is 5.20. The Morgan fingerprint density at radius 1 is 0.902 bits per heavy atom. The number of fused-ring (bicyclic) bond motifs is 4. The van der Waals surface area contributed by atoms with Gasteiger partial charge in [0.1, 0.15) is 11.6 Å². The number of hydrogen-bond acceptors (Lipinski definition) is 6. The third-order valence-electron chi connectivity index (χ3n) is 7.25. The van der Waals surface area contributed by atoms with Crippen molar-refractivity contribution in [2.45, 2.75) is 13.0 Å². The Labute approximate surface area is 241 Å². The molecule has 1 N–H and O–H groups in total. The lowest BCUT2D eigenvalue weighted by atomic mass is 9.93. The van der Waals surface area contributed by atoms with Gasteiger partial charge in [-0.1, -0.05) is 60.1 Å². The Morgan fingerprint density at radius 2 is 1.66 bits per heavy atom. The van der Waals surface area contributed by atoms with Gasteiger partial charge in [0, 0.05) is 16.8 Å². The summed E-state index contributed by atoms with van der Waals surface area (Å²) in [4.78, 5) is 12.2. The van der Waals surface area contributed by atoms with Crippen LogP contribution in [0.4, 0.5) is 27.3 Å². The molecule has 0 saturated carbocycles. The summed E-state index contributed by atoms with van der Waals surface area (Å²) in [6.45, 7) is 1.94. The highest BCUT2D eigenvalue weighted by Crippen LogP contribution is 2.48. The molecule has 3 heterocycles. The van der Waals surface area contributed by atoms with Gasteiger partial charge >= 0.3 is 0 Å². The molecule has 0 radical (unpaired) electrons. The maximum atomic E-state index is 15.7. The molecule has 0 fully saturated rings. The van der Waals surface area contributed by atoms with E-state index in [0.29, 0.717) is 39.5 Å². The number of aromatic nitrogens is 2. The van der Waals surface area contributed by atoms with E-state index in [1.807, 2.05) is 89.3 Å². The van der Waals surface area contributed by atoms with Crippen LogP contribution < -0.4 is 15.0 Å². The average Bonchev–Trinajstić information content (AvgIpc) is 3.33. The second kappa shape index (κ2) is 9.91. The van der Waals surface area contributed by atoms with Crippen molar-refractivity contribution in [2.24, 2.45) is 9.98 Å². The van der Waals surface area contributed by atoms with Crippen molar-refractivity contribution >= 4 is 46.2 Å². The van der Waals surface area contributed by atoms with E-state index in [4.69, 9.17) is 31.4 Å². The van der Waals surface area contributed by atoms with Gasteiger partial charge in [-0.2, -0.15) is 5.10 Å². The summed E-state index contributed by atoms with van der Waals surface area (Å²) in [5, 5.41) is 8.76. The molecule has 7 rings (SSSR count). The van der Waals surface area contributed by atoms with E-state index in [1.165, 1.54) is 6.07 Å². The fourth-order valence-electron chi connectivity index (χ4n) is 5.42. The Hall–Kier alpha value is -4.95. The monoisotopic (exact) mass is 562 g/mol. The van der Waals surface area contributed by atoms with E-state index in [1.54, 1.807) is 25.3 Å². The molecular weight excluding hydrogens is 539 g/mol. The van der Waals surface area contributed by atoms with Crippen LogP contribution >= 0.6 is 11.6 Å². The molecule has 0 amide bonds. The van der Waals surface area contributed by atoms with Crippen molar-refractivity contribution in [3.8, 4) is 11.4 Å². The summed E-state index contributed by atoms with van der Waals surface area (Å²) in [6.07, 6.45) is 0. The average molecular weight is 563 g/mol. The second-order valence-electron chi connectivity index (χ2n) is 9.72. The lowest BCUT2D eigenvalue weighted by molar-refractivity contribution is 0.415. The molecule has 0 bridgehead atoms. The number of hydrogen-bond donors (Lipinski definition) is 1. The quantitative estimate of drug-likeness (QED) is 0.243.